The molecular formula is C16H15N5O. The average molecular weight is 293 g/mol. The summed E-state index contributed by atoms with van der Waals surface area (Å²) in [4.78, 5) is 12.8. The van der Waals surface area contributed by atoms with E-state index in [0.717, 1.165) is 11.3 Å². The third-order valence-corrected chi connectivity index (χ3v) is 3.06. The maximum absolute atomic E-state index is 5.76. The zero-order valence-electron chi connectivity index (χ0n) is 12.0. The Hall–Kier alpha value is -3.15. The molecule has 0 radical (unpaired) electrons. The van der Waals surface area contributed by atoms with Crippen LogP contribution < -0.4 is 15.8 Å². The topological polar surface area (TPSA) is 86.0 Å². The summed E-state index contributed by atoms with van der Waals surface area (Å²) >= 11 is 0. The van der Waals surface area contributed by atoms with E-state index < -0.39 is 0 Å². The Morgan fingerprint density at radius 1 is 1.05 bits per heavy atom. The first-order chi connectivity index (χ1) is 10.8. The number of rotatable bonds is 4. The van der Waals surface area contributed by atoms with Crippen molar-refractivity contribution in [1.82, 2.24) is 15.0 Å². The SMILES string of the molecule is COc1ccccc1-c1ncnc(Nc2cccc(N)c2)n1. The van der Waals surface area contributed by atoms with Gasteiger partial charge in [0.25, 0.3) is 0 Å². The van der Waals surface area contributed by atoms with Crippen LogP contribution in [0, 0.1) is 0 Å². The van der Waals surface area contributed by atoms with E-state index in [0.29, 0.717) is 23.2 Å². The van der Waals surface area contributed by atoms with Gasteiger partial charge in [-0.25, -0.2) is 9.97 Å². The lowest BCUT2D eigenvalue weighted by Crippen LogP contribution is -2.01. The maximum atomic E-state index is 5.76. The van der Waals surface area contributed by atoms with E-state index in [1.54, 1.807) is 7.11 Å². The molecule has 1 heterocycles. The van der Waals surface area contributed by atoms with Crippen LogP contribution in [-0.4, -0.2) is 22.1 Å². The van der Waals surface area contributed by atoms with Gasteiger partial charge in [0.15, 0.2) is 5.82 Å². The number of anilines is 3. The lowest BCUT2D eigenvalue weighted by atomic mass is 10.2. The largest absolute Gasteiger partial charge is 0.496 e. The zero-order chi connectivity index (χ0) is 15.4. The van der Waals surface area contributed by atoms with Gasteiger partial charge in [-0.2, -0.15) is 4.98 Å². The van der Waals surface area contributed by atoms with Crippen LogP contribution in [0.4, 0.5) is 17.3 Å². The Bertz CT molecular complexity index is 791. The van der Waals surface area contributed by atoms with Crippen LogP contribution in [0.5, 0.6) is 5.75 Å². The van der Waals surface area contributed by atoms with Crippen molar-refractivity contribution in [1.29, 1.82) is 0 Å². The van der Waals surface area contributed by atoms with Crippen LogP contribution in [-0.2, 0) is 0 Å². The predicted octanol–water partition coefficient (Wildman–Crippen LogP) is 2.87. The number of para-hydroxylation sites is 1. The summed E-state index contributed by atoms with van der Waals surface area (Å²) in [6.45, 7) is 0. The van der Waals surface area contributed by atoms with E-state index in [9.17, 15) is 0 Å². The fourth-order valence-corrected chi connectivity index (χ4v) is 2.06. The van der Waals surface area contributed by atoms with Gasteiger partial charge in [0, 0.05) is 11.4 Å². The lowest BCUT2D eigenvalue weighted by molar-refractivity contribution is 0.416. The number of nitrogens with two attached hydrogens (primary N) is 1. The highest BCUT2D eigenvalue weighted by atomic mass is 16.5. The summed E-state index contributed by atoms with van der Waals surface area (Å²) in [5, 5.41) is 3.11. The Kier molecular flexibility index (Phi) is 3.82. The summed E-state index contributed by atoms with van der Waals surface area (Å²) in [6.07, 6.45) is 1.46. The van der Waals surface area contributed by atoms with Crippen molar-refractivity contribution >= 4 is 17.3 Å². The molecule has 3 aromatic rings. The van der Waals surface area contributed by atoms with E-state index in [1.165, 1.54) is 6.33 Å². The van der Waals surface area contributed by atoms with E-state index >= 15 is 0 Å². The number of nitrogens with zero attached hydrogens (tertiary/aromatic N) is 3. The Balaban J connectivity index is 1.93. The minimum atomic E-state index is 0.446. The molecule has 0 aliphatic heterocycles. The number of ether oxygens (including phenoxy) is 1. The fraction of sp³-hybridized carbons (Fsp3) is 0.0625. The van der Waals surface area contributed by atoms with Crippen LogP contribution in [0.3, 0.4) is 0 Å². The molecule has 0 aliphatic rings. The van der Waals surface area contributed by atoms with Crippen LogP contribution >= 0.6 is 0 Å². The standard InChI is InChI=1S/C16H15N5O/c1-22-14-8-3-2-7-13(14)15-18-10-19-16(21-15)20-12-6-4-5-11(17)9-12/h2-10H,17H2,1H3,(H,18,19,20,21). The maximum Gasteiger partial charge on any atom is 0.230 e. The zero-order valence-corrected chi connectivity index (χ0v) is 12.0. The molecule has 0 saturated heterocycles. The van der Waals surface area contributed by atoms with Gasteiger partial charge >= 0.3 is 0 Å². The van der Waals surface area contributed by atoms with Gasteiger partial charge in [-0.1, -0.05) is 18.2 Å². The lowest BCUT2D eigenvalue weighted by Gasteiger charge is -2.09. The molecule has 3 rings (SSSR count). The van der Waals surface area contributed by atoms with Gasteiger partial charge in [-0.3, -0.25) is 0 Å². The molecule has 0 bridgehead atoms. The van der Waals surface area contributed by atoms with Gasteiger partial charge < -0.3 is 15.8 Å². The number of hydrogen-bond donors (Lipinski definition) is 2. The number of nitrogen functional groups attached to an aromatic ring is 1. The van der Waals surface area contributed by atoms with Crippen LogP contribution in [0.25, 0.3) is 11.4 Å². The molecule has 6 heteroatoms. The van der Waals surface area contributed by atoms with Crippen molar-refractivity contribution in [3.63, 3.8) is 0 Å². The summed E-state index contributed by atoms with van der Waals surface area (Å²) in [5.74, 6) is 1.70. The third-order valence-electron chi connectivity index (χ3n) is 3.06. The van der Waals surface area contributed by atoms with Crippen LogP contribution in [0.1, 0.15) is 0 Å². The summed E-state index contributed by atoms with van der Waals surface area (Å²) in [6, 6.07) is 15.0. The number of nitrogens with one attached hydrogen (secondary N) is 1. The summed E-state index contributed by atoms with van der Waals surface area (Å²) < 4.78 is 5.34. The predicted molar refractivity (Wildman–Crippen MR) is 86.0 cm³/mol. The monoisotopic (exact) mass is 293 g/mol. The van der Waals surface area contributed by atoms with Crippen molar-refractivity contribution in [3.05, 3.63) is 54.9 Å². The molecule has 110 valence electrons. The Morgan fingerprint density at radius 3 is 2.73 bits per heavy atom. The van der Waals surface area contributed by atoms with Gasteiger partial charge in [-0.15, -0.1) is 0 Å². The quantitative estimate of drug-likeness (QED) is 0.719. The molecule has 0 amide bonds. The highest BCUT2D eigenvalue weighted by Gasteiger charge is 2.09. The molecule has 0 saturated carbocycles. The summed E-state index contributed by atoms with van der Waals surface area (Å²) in [7, 11) is 1.62. The minimum absolute atomic E-state index is 0.446. The Labute approximate surface area is 128 Å². The number of methoxy groups -OCH3 is 1. The van der Waals surface area contributed by atoms with Gasteiger partial charge in [0.2, 0.25) is 5.95 Å². The number of aromatic nitrogens is 3. The first kappa shape index (κ1) is 13.8. The number of hydrogen-bond acceptors (Lipinski definition) is 6. The average Bonchev–Trinajstić information content (AvgIpc) is 2.55. The molecule has 0 unspecified atom stereocenters. The molecule has 0 atom stereocenters. The number of benzene rings is 2. The second kappa shape index (κ2) is 6.09. The van der Waals surface area contributed by atoms with Crippen molar-refractivity contribution in [2.45, 2.75) is 0 Å². The second-order valence-electron chi connectivity index (χ2n) is 4.58. The van der Waals surface area contributed by atoms with Crippen LogP contribution in [0.15, 0.2) is 54.9 Å². The molecular weight excluding hydrogens is 278 g/mol. The van der Waals surface area contributed by atoms with E-state index in [4.69, 9.17) is 10.5 Å². The second-order valence-corrected chi connectivity index (χ2v) is 4.58. The van der Waals surface area contributed by atoms with Crippen molar-refractivity contribution in [3.8, 4) is 17.1 Å². The molecule has 22 heavy (non-hydrogen) atoms. The fourth-order valence-electron chi connectivity index (χ4n) is 2.06. The first-order valence-corrected chi connectivity index (χ1v) is 6.71. The molecule has 3 N–H and O–H groups in total. The highest BCUT2D eigenvalue weighted by Crippen LogP contribution is 2.27. The Morgan fingerprint density at radius 2 is 1.91 bits per heavy atom. The molecule has 0 fully saturated rings. The van der Waals surface area contributed by atoms with Crippen molar-refractivity contribution < 1.29 is 4.74 Å². The molecule has 0 aliphatic carbocycles. The van der Waals surface area contributed by atoms with E-state index in [-0.39, 0.29) is 0 Å². The molecule has 0 spiro atoms. The molecule has 6 nitrogen and oxygen atoms in total. The summed E-state index contributed by atoms with van der Waals surface area (Å²) in [5.41, 5.74) is 8.06. The molecule has 2 aromatic carbocycles. The van der Waals surface area contributed by atoms with Crippen molar-refractivity contribution in [2.75, 3.05) is 18.2 Å². The van der Waals surface area contributed by atoms with Gasteiger partial charge in [0.05, 0.1) is 12.7 Å². The highest BCUT2D eigenvalue weighted by molar-refractivity contribution is 5.66. The van der Waals surface area contributed by atoms with E-state index in [2.05, 4.69) is 20.3 Å². The van der Waals surface area contributed by atoms with Crippen molar-refractivity contribution in [2.24, 2.45) is 0 Å². The van der Waals surface area contributed by atoms with Gasteiger partial charge in [0.1, 0.15) is 12.1 Å². The van der Waals surface area contributed by atoms with Crippen LogP contribution in [0.2, 0.25) is 0 Å². The molecule has 1 aromatic heterocycles. The normalized spacial score (nSPS) is 10.2. The third kappa shape index (κ3) is 2.95. The smallest absolute Gasteiger partial charge is 0.230 e. The van der Waals surface area contributed by atoms with Gasteiger partial charge in [-0.05, 0) is 30.3 Å². The minimum Gasteiger partial charge on any atom is -0.496 e. The first-order valence-electron chi connectivity index (χ1n) is 6.71. The van der Waals surface area contributed by atoms with E-state index in [1.807, 2.05) is 48.5 Å².